The first-order chi connectivity index (χ1) is 22.8. The Morgan fingerprint density at radius 1 is 0.830 bits per heavy atom. The average Bonchev–Trinajstić information content (AvgIpc) is 3.42. The molecule has 0 saturated carbocycles. The van der Waals surface area contributed by atoms with E-state index in [-0.39, 0.29) is 17.7 Å². The van der Waals surface area contributed by atoms with Crippen LogP contribution >= 0.6 is 38.9 Å². The summed E-state index contributed by atoms with van der Waals surface area (Å²) >= 11 is 11.1. The van der Waals surface area contributed by atoms with Gasteiger partial charge in [0.2, 0.25) is 0 Å². The summed E-state index contributed by atoms with van der Waals surface area (Å²) in [6, 6.07) is 35.4. The highest BCUT2D eigenvalue weighted by Crippen LogP contribution is 2.37. The Kier molecular flexibility index (Phi) is 9.68. The van der Waals surface area contributed by atoms with Crippen molar-refractivity contribution in [3.63, 3.8) is 0 Å². The van der Waals surface area contributed by atoms with E-state index in [1.807, 2.05) is 97.1 Å². The van der Waals surface area contributed by atoms with Crippen molar-refractivity contribution in [3.8, 4) is 22.6 Å². The molecule has 47 heavy (non-hydrogen) atoms. The van der Waals surface area contributed by atoms with Gasteiger partial charge in [-0.1, -0.05) is 106 Å². The number of carbonyl (C=O) groups excluding carboxylic acids is 2. The van der Waals surface area contributed by atoms with Gasteiger partial charge in [-0.25, -0.2) is 4.79 Å². The molecule has 6 rings (SSSR count). The fourth-order valence-electron chi connectivity index (χ4n) is 5.07. The minimum absolute atomic E-state index is 0.0195. The molecule has 234 valence electrons. The van der Waals surface area contributed by atoms with Crippen LogP contribution in [0.3, 0.4) is 0 Å². The lowest BCUT2D eigenvalue weighted by Crippen LogP contribution is -2.42. The monoisotopic (exact) mass is 724 g/mol. The van der Waals surface area contributed by atoms with Gasteiger partial charge in [0.1, 0.15) is 22.4 Å². The van der Waals surface area contributed by atoms with Gasteiger partial charge in [-0.2, -0.15) is 0 Å². The van der Waals surface area contributed by atoms with Gasteiger partial charge in [0.05, 0.1) is 16.3 Å². The van der Waals surface area contributed by atoms with Gasteiger partial charge in [-0.15, -0.1) is 11.3 Å². The minimum atomic E-state index is -1.28. The van der Waals surface area contributed by atoms with E-state index in [0.29, 0.717) is 31.4 Å². The van der Waals surface area contributed by atoms with Crippen LogP contribution in [-0.2, 0) is 11.2 Å². The van der Waals surface area contributed by atoms with Gasteiger partial charge in [0.15, 0.2) is 0 Å². The molecule has 0 unspecified atom stereocenters. The number of ether oxygens (including phenoxy) is 1. The lowest BCUT2D eigenvalue weighted by Gasteiger charge is -2.18. The number of rotatable bonds is 10. The SMILES string of the molecule is O=C(N[C@@H](Cc1ccc(-c2ccccc2)c(Oc2ccccc2)c1)C(=O)O)c1cc(Br)ccc1NC(=O)c1sc2ccccc2c1Cl. The van der Waals surface area contributed by atoms with E-state index in [9.17, 15) is 19.5 Å². The molecule has 3 N–H and O–H groups in total. The average molecular weight is 726 g/mol. The Bertz CT molecular complexity index is 2100. The van der Waals surface area contributed by atoms with Crippen molar-refractivity contribution in [3.05, 3.63) is 147 Å². The number of carboxylic acids is 1. The molecule has 0 aliphatic heterocycles. The molecule has 1 atom stereocenters. The highest BCUT2D eigenvalue weighted by molar-refractivity contribution is 9.10. The third kappa shape index (κ3) is 7.38. The highest BCUT2D eigenvalue weighted by atomic mass is 79.9. The summed E-state index contributed by atoms with van der Waals surface area (Å²) in [5, 5.41) is 16.7. The Morgan fingerprint density at radius 2 is 1.53 bits per heavy atom. The zero-order valence-corrected chi connectivity index (χ0v) is 27.7. The van der Waals surface area contributed by atoms with Crippen LogP contribution in [0, 0.1) is 0 Å². The van der Waals surface area contributed by atoms with E-state index in [1.54, 1.807) is 18.2 Å². The van der Waals surface area contributed by atoms with Crippen LogP contribution in [0.5, 0.6) is 11.5 Å². The first-order valence-corrected chi connectivity index (χ1v) is 16.5. The second-order valence-electron chi connectivity index (χ2n) is 10.6. The molecule has 1 heterocycles. The molecular weight excluding hydrogens is 700 g/mol. The summed E-state index contributed by atoms with van der Waals surface area (Å²) in [7, 11) is 0. The molecule has 2 amide bonds. The molecule has 1 aromatic heterocycles. The summed E-state index contributed by atoms with van der Waals surface area (Å²) in [6.45, 7) is 0. The number of hydrogen-bond donors (Lipinski definition) is 3. The van der Waals surface area contributed by atoms with Crippen molar-refractivity contribution in [1.82, 2.24) is 5.32 Å². The summed E-state index contributed by atoms with van der Waals surface area (Å²) in [6.07, 6.45) is -0.0195. The third-order valence-corrected chi connectivity index (χ3v) is 9.53. The van der Waals surface area contributed by atoms with Gasteiger partial charge >= 0.3 is 5.97 Å². The van der Waals surface area contributed by atoms with Crippen LogP contribution in [0.2, 0.25) is 5.02 Å². The van der Waals surface area contributed by atoms with Crippen LogP contribution in [0.15, 0.2) is 126 Å². The van der Waals surface area contributed by atoms with Crippen LogP contribution < -0.4 is 15.4 Å². The number of nitrogens with one attached hydrogen (secondary N) is 2. The summed E-state index contributed by atoms with van der Waals surface area (Å²) in [5.41, 5.74) is 2.71. The van der Waals surface area contributed by atoms with E-state index >= 15 is 0 Å². The topological polar surface area (TPSA) is 105 Å². The summed E-state index contributed by atoms with van der Waals surface area (Å²) in [5.74, 6) is -1.18. The second-order valence-corrected chi connectivity index (χ2v) is 12.9. The van der Waals surface area contributed by atoms with E-state index in [0.717, 1.165) is 21.2 Å². The third-order valence-electron chi connectivity index (χ3n) is 7.36. The van der Waals surface area contributed by atoms with Crippen LogP contribution in [0.25, 0.3) is 21.2 Å². The van der Waals surface area contributed by atoms with Crippen molar-refractivity contribution in [2.45, 2.75) is 12.5 Å². The number of amides is 2. The highest BCUT2D eigenvalue weighted by Gasteiger charge is 2.25. The van der Waals surface area contributed by atoms with Crippen LogP contribution in [0.4, 0.5) is 5.69 Å². The van der Waals surface area contributed by atoms with Gasteiger partial charge in [0, 0.05) is 26.5 Å². The van der Waals surface area contributed by atoms with E-state index in [1.165, 1.54) is 17.4 Å². The number of fused-ring (bicyclic) bond motifs is 1. The smallest absolute Gasteiger partial charge is 0.326 e. The molecular formula is C37H26BrClN2O5S. The Labute approximate surface area is 287 Å². The zero-order chi connectivity index (χ0) is 32.9. The molecule has 0 spiro atoms. The molecule has 10 heteroatoms. The molecule has 0 bridgehead atoms. The van der Waals surface area contributed by atoms with E-state index in [2.05, 4.69) is 26.6 Å². The maximum Gasteiger partial charge on any atom is 0.326 e. The van der Waals surface area contributed by atoms with Crippen molar-refractivity contribution in [2.24, 2.45) is 0 Å². The number of hydrogen-bond acceptors (Lipinski definition) is 5. The second kappa shape index (κ2) is 14.2. The van der Waals surface area contributed by atoms with Crippen molar-refractivity contribution in [2.75, 3.05) is 5.32 Å². The Hall–Kier alpha value is -4.96. The normalized spacial score (nSPS) is 11.5. The molecule has 0 saturated heterocycles. The Morgan fingerprint density at radius 3 is 2.26 bits per heavy atom. The quantitative estimate of drug-likeness (QED) is 0.131. The maximum atomic E-state index is 13.6. The zero-order valence-electron chi connectivity index (χ0n) is 24.6. The summed E-state index contributed by atoms with van der Waals surface area (Å²) in [4.78, 5) is 39.6. The number of halogens is 2. The molecule has 6 aromatic rings. The lowest BCUT2D eigenvalue weighted by molar-refractivity contribution is -0.139. The van der Waals surface area contributed by atoms with Gasteiger partial charge in [-0.05, 0) is 53.6 Å². The van der Waals surface area contributed by atoms with E-state index in [4.69, 9.17) is 16.3 Å². The van der Waals surface area contributed by atoms with Gasteiger partial charge in [0.25, 0.3) is 11.8 Å². The summed E-state index contributed by atoms with van der Waals surface area (Å²) < 4.78 is 7.67. The van der Waals surface area contributed by atoms with Crippen molar-refractivity contribution in [1.29, 1.82) is 0 Å². The largest absolute Gasteiger partial charge is 0.480 e. The predicted octanol–water partition coefficient (Wildman–Crippen LogP) is 9.45. The number of para-hydroxylation sites is 1. The predicted molar refractivity (Wildman–Crippen MR) is 190 cm³/mol. The van der Waals surface area contributed by atoms with Crippen molar-refractivity contribution >= 4 is 72.4 Å². The molecule has 0 fully saturated rings. The number of carboxylic acid groups (broad SMARTS) is 1. The van der Waals surface area contributed by atoms with Crippen molar-refractivity contribution < 1.29 is 24.2 Å². The fourth-order valence-corrected chi connectivity index (χ4v) is 6.85. The fraction of sp³-hybridized carbons (Fsp3) is 0.0541. The number of thiophene rings is 1. The molecule has 0 radical (unpaired) electrons. The minimum Gasteiger partial charge on any atom is -0.480 e. The first-order valence-electron chi connectivity index (χ1n) is 14.5. The van der Waals surface area contributed by atoms with Gasteiger partial charge in [-0.3, -0.25) is 9.59 Å². The molecule has 7 nitrogen and oxygen atoms in total. The lowest BCUT2D eigenvalue weighted by atomic mass is 9.99. The van der Waals surface area contributed by atoms with Crippen LogP contribution in [-0.4, -0.2) is 28.9 Å². The van der Waals surface area contributed by atoms with E-state index < -0.39 is 23.8 Å². The number of carbonyl (C=O) groups is 3. The molecule has 5 aromatic carbocycles. The maximum absolute atomic E-state index is 13.6. The van der Waals surface area contributed by atoms with Gasteiger partial charge < -0.3 is 20.5 Å². The number of aliphatic carboxylic acids is 1. The standard InChI is InChI=1S/C37H26BrClN2O5S/c38-24-16-18-29(40-36(43)34-33(39)27-13-7-8-14-32(27)47-34)28(21-24)35(42)41-30(37(44)45)19-22-15-17-26(23-9-3-1-4-10-23)31(20-22)46-25-11-5-2-6-12-25/h1-18,20-21,30H,19H2,(H,40,43)(H,41,42)(H,44,45)/t30-/m0/s1. The molecule has 0 aliphatic rings. The van der Waals surface area contributed by atoms with Crippen LogP contribution in [0.1, 0.15) is 25.6 Å². The number of anilines is 1. The molecule has 0 aliphatic carbocycles. The number of benzene rings is 5. The first kappa shape index (κ1) is 32.0. The Balaban J connectivity index is 1.25.